The van der Waals surface area contributed by atoms with Crippen LogP contribution >= 0.6 is 0 Å². The summed E-state index contributed by atoms with van der Waals surface area (Å²) in [6.07, 6.45) is 8.72. The molecular weight excluding hydrogens is 358 g/mol. The van der Waals surface area contributed by atoms with Crippen molar-refractivity contribution in [1.29, 1.82) is 0 Å². The lowest BCUT2D eigenvalue weighted by Crippen LogP contribution is -3.00. The normalized spacial score (nSPS) is 15.9. The third-order valence-electron chi connectivity index (χ3n) is 5.83. The number of nitrogens with zero attached hydrogens (tertiary/aromatic N) is 1. The molecule has 0 amide bonds. The lowest BCUT2D eigenvalue weighted by molar-refractivity contribution is -0.932. The van der Waals surface area contributed by atoms with Crippen LogP contribution in [0.2, 0.25) is 0 Å². The third kappa shape index (κ3) is 6.75. The molecule has 2 aromatic rings. The van der Waals surface area contributed by atoms with E-state index in [4.69, 9.17) is 0 Å². The number of piperidine rings is 1. The molecular formula is C23H32ClNO2. The number of rotatable bonds is 8. The molecule has 2 aromatic carbocycles. The molecule has 3 nitrogen and oxygen atoms in total. The van der Waals surface area contributed by atoms with E-state index in [1.165, 1.54) is 73.9 Å². The van der Waals surface area contributed by atoms with Crippen molar-refractivity contribution in [2.24, 2.45) is 0 Å². The fourth-order valence-electron chi connectivity index (χ4n) is 4.30. The maximum atomic E-state index is 9.42. The van der Waals surface area contributed by atoms with Gasteiger partial charge >= 0.3 is 0 Å². The minimum atomic E-state index is 0. The Morgan fingerprint density at radius 2 is 1.04 bits per heavy atom. The monoisotopic (exact) mass is 389 g/mol. The van der Waals surface area contributed by atoms with Crippen molar-refractivity contribution in [3.05, 3.63) is 59.7 Å². The van der Waals surface area contributed by atoms with E-state index in [2.05, 4.69) is 0 Å². The predicted octanol–water partition coefficient (Wildman–Crippen LogP) is 1.67. The Morgan fingerprint density at radius 3 is 1.44 bits per heavy atom. The van der Waals surface area contributed by atoms with E-state index in [9.17, 15) is 10.2 Å². The van der Waals surface area contributed by atoms with E-state index in [-0.39, 0.29) is 12.4 Å². The Balaban J connectivity index is 0.00000261. The molecule has 0 unspecified atom stereocenters. The topological polar surface area (TPSA) is 40.5 Å². The highest BCUT2D eigenvalue weighted by Gasteiger charge is 2.28. The second kappa shape index (κ2) is 10.6. The van der Waals surface area contributed by atoms with Gasteiger partial charge in [-0.15, -0.1) is 0 Å². The number of likely N-dealkylation sites (tertiary alicyclic amines) is 1. The van der Waals surface area contributed by atoms with Gasteiger partial charge in [0, 0.05) is 12.8 Å². The Hall–Kier alpha value is -1.71. The summed E-state index contributed by atoms with van der Waals surface area (Å²) in [5, 5.41) is 18.8. The van der Waals surface area contributed by atoms with Crippen molar-refractivity contribution >= 4 is 0 Å². The van der Waals surface area contributed by atoms with Gasteiger partial charge in [-0.25, -0.2) is 0 Å². The van der Waals surface area contributed by atoms with E-state index < -0.39 is 0 Å². The standard InChI is InChI=1S/C23H31NO2.ClH/c25-22-12-8-20(9-13-22)6-4-18-24(16-2-1-3-17-24)19-5-7-21-10-14-23(26)15-11-21;/h8-15H,1-7,16-19H2,(H-,25,26);1H. The highest BCUT2D eigenvalue weighted by Crippen LogP contribution is 2.22. The molecule has 27 heavy (non-hydrogen) atoms. The molecule has 4 heteroatoms. The van der Waals surface area contributed by atoms with E-state index >= 15 is 0 Å². The van der Waals surface area contributed by atoms with Crippen LogP contribution in [0, 0.1) is 0 Å². The van der Waals surface area contributed by atoms with Gasteiger partial charge in [-0.2, -0.15) is 0 Å². The molecule has 1 fully saturated rings. The zero-order valence-electron chi connectivity index (χ0n) is 16.1. The van der Waals surface area contributed by atoms with Crippen LogP contribution in [0.25, 0.3) is 0 Å². The smallest absolute Gasteiger partial charge is 0.115 e. The number of hydrogen-bond acceptors (Lipinski definition) is 2. The minimum absolute atomic E-state index is 0. The average molecular weight is 390 g/mol. The second-order valence-electron chi connectivity index (χ2n) is 7.84. The summed E-state index contributed by atoms with van der Waals surface area (Å²) >= 11 is 0. The molecule has 1 saturated heterocycles. The Morgan fingerprint density at radius 1 is 0.630 bits per heavy atom. The van der Waals surface area contributed by atoms with Gasteiger partial charge in [-0.3, -0.25) is 0 Å². The number of phenols is 2. The van der Waals surface area contributed by atoms with Crippen LogP contribution in [0.4, 0.5) is 0 Å². The van der Waals surface area contributed by atoms with Crippen molar-refractivity contribution in [2.45, 2.75) is 44.9 Å². The second-order valence-corrected chi connectivity index (χ2v) is 7.84. The van der Waals surface area contributed by atoms with Crippen LogP contribution in [0.15, 0.2) is 48.5 Å². The Kier molecular flexibility index (Phi) is 8.46. The summed E-state index contributed by atoms with van der Waals surface area (Å²) in [4.78, 5) is 0. The summed E-state index contributed by atoms with van der Waals surface area (Å²) in [6, 6.07) is 15.3. The van der Waals surface area contributed by atoms with Gasteiger partial charge in [0.25, 0.3) is 0 Å². The van der Waals surface area contributed by atoms with Crippen molar-refractivity contribution in [3.63, 3.8) is 0 Å². The molecule has 1 aliphatic heterocycles. The molecule has 0 aliphatic carbocycles. The molecule has 0 bridgehead atoms. The van der Waals surface area contributed by atoms with Gasteiger partial charge < -0.3 is 27.1 Å². The number of hydrogen-bond donors (Lipinski definition) is 2. The van der Waals surface area contributed by atoms with Crippen LogP contribution in [-0.4, -0.2) is 40.9 Å². The zero-order valence-corrected chi connectivity index (χ0v) is 16.9. The van der Waals surface area contributed by atoms with Crippen LogP contribution in [-0.2, 0) is 12.8 Å². The van der Waals surface area contributed by atoms with Crippen molar-refractivity contribution in [2.75, 3.05) is 26.2 Å². The van der Waals surface area contributed by atoms with Gasteiger partial charge in [-0.05, 0) is 67.5 Å². The number of aromatic hydroxyl groups is 2. The molecule has 3 rings (SSSR count). The summed E-state index contributed by atoms with van der Waals surface area (Å²) in [5.74, 6) is 0.699. The Bertz CT molecular complexity index is 610. The first-order chi connectivity index (χ1) is 12.7. The van der Waals surface area contributed by atoms with Gasteiger partial charge in [0.1, 0.15) is 11.5 Å². The quantitative estimate of drug-likeness (QED) is 0.674. The average Bonchev–Trinajstić information content (AvgIpc) is 2.66. The molecule has 0 radical (unpaired) electrons. The lowest BCUT2D eigenvalue weighted by Gasteiger charge is -2.42. The SMILES string of the molecule is Oc1ccc(CCC[N+]2(CCCc3ccc(O)cc3)CCCCC2)cc1.[Cl-]. The van der Waals surface area contributed by atoms with E-state index in [1.807, 2.05) is 24.3 Å². The minimum Gasteiger partial charge on any atom is -1.00 e. The fourth-order valence-corrected chi connectivity index (χ4v) is 4.30. The first kappa shape index (κ1) is 21.6. The molecule has 2 N–H and O–H groups in total. The number of aryl methyl sites for hydroxylation is 2. The molecule has 1 heterocycles. The molecule has 0 spiro atoms. The zero-order chi connectivity index (χ0) is 18.2. The highest BCUT2D eigenvalue weighted by molar-refractivity contribution is 5.26. The van der Waals surface area contributed by atoms with Gasteiger partial charge in [0.2, 0.25) is 0 Å². The highest BCUT2D eigenvalue weighted by atomic mass is 35.5. The number of halogens is 1. The van der Waals surface area contributed by atoms with Crippen LogP contribution < -0.4 is 12.4 Å². The van der Waals surface area contributed by atoms with Crippen molar-refractivity contribution in [1.82, 2.24) is 0 Å². The van der Waals surface area contributed by atoms with Crippen LogP contribution in [0.1, 0.15) is 43.2 Å². The maximum Gasteiger partial charge on any atom is 0.115 e. The molecule has 0 aromatic heterocycles. The number of benzene rings is 2. The predicted molar refractivity (Wildman–Crippen MR) is 106 cm³/mol. The van der Waals surface area contributed by atoms with Crippen LogP contribution in [0.3, 0.4) is 0 Å². The third-order valence-corrected chi connectivity index (χ3v) is 5.83. The summed E-state index contributed by atoms with van der Waals surface area (Å²) in [7, 11) is 0. The van der Waals surface area contributed by atoms with Gasteiger partial charge in [0.05, 0.1) is 26.2 Å². The molecule has 1 aliphatic rings. The van der Waals surface area contributed by atoms with Gasteiger partial charge in [-0.1, -0.05) is 24.3 Å². The number of phenolic OH excluding ortho intramolecular Hbond substituents is 2. The Labute approximate surface area is 169 Å². The van der Waals surface area contributed by atoms with E-state index in [0.717, 1.165) is 12.8 Å². The van der Waals surface area contributed by atoms with Crippen LogP contribution in [0.5, 0.6) is 11.5 Å². The van der Waals surface area contributed by atoms with E-state index in [1.54, 1.807) is 24.3 Å². The first-order valence-electron chi connectivity index (χ1n) is 10.1. The first-order valence-corrected chi connectivity index (χ1v) is 10.1. The summed E-state index contributed by atoms with van der Waals surface area (Å²) in [6.45, 7) is 5.17. The van der Waals surface area contributed by atoms with E-state index in [0.29, 0.717) is 11.5 Å². The molecule has 0 saturated carbocycles. The summed E-state index contributed by atoms with van der Waals surface area (Å²) in [5.41, 5.74) is 2.64. The molecule has 148 valence electrons. The summed E-state index contributed by atoms with van der Waals surface area (Å²) < 4.78 is 1.27. The van der Waals surface area contributed by atoms with Crippen molar-refractivity contribution in [3.8, 4) is 11.5 Å². The largest absolute Gasteiger partial charge is 1.00 e. The number of quaternary nitrogens is 1. The molecule has 0 atom stereocenters. The van der Waals surface area contributed by atoms with Gasteiger partial charge in [0.15, 0.2) is 0 Å². The maximum absolute atomic E-state index is 9.42. The van der Waals surface area contributed by atoms with Crippen molar-refractivity contribution < 1.29 is 27.1 Å². The fraction of sp³-hybridized carbons (Fsp3) is 0.478. The lowest BCUT2D eigenvalue weighted by atomic mass is 10.0.